The van der Waals surface area contributed by atoms with Crippen molar-refractivity contribution in [1.82, 2.24) is 19.7 Å². The molecule has 3 aromatic rings. The number of pyridine rings is 1. The summed E-state index contributed by atoms with van der Waals surface area (Å²) in [5, 5.41) is 4.96. The van der Waals surface area contributed by atoms with Crippen molar-refractivity contribution in [2.24, 2.45) is 0 Å². The number of piperazine rings is 1. The predicted octanol–water partition coefficient (Wildman–Crippen LogP) is 5.03. The molecule has 3 heterocycles. The fourth-order valence-corrected chi connectivity index (χ4v) is 4.06. The maximum atomic E-state index is 13.3. The SMILES string of the molecule is CC(C)c1c(C(=O)N2CCN(c3ccc(Cl)cc3)CC2)cnn1-c1ccc(C(F)(F)F)cn1. The lowest BCUT2D eigenvalue weighted by Crippen LogP contribution is -2.49. The van der Waals surface area contributed by atoms with Gasteiger partial charge in [-0.25, -0.2) is 9.67 Å². The van der Waals surface area contributed by atoms with Crippen LogP contribution in [0.1, 0.15) is 41.4 Å². The normalized spacial score (nSPS) is 14.8. The standard InChI is InChI=1S/C23H23ClF3N5O/c1-15(2)21-19(14-29-32(21)20-8-3-16(13-28-20)23(25,26)27)22(33)31-11-9-30(10-12-31)18-6-4-17(24)5-7-18/h3-8,13-15H,9-12H2,1-2H3. The highest BCUT2D eigenvalue weighted by Crippen LogP contribution is 2.30. The van der Waals surface area contributed by atoms with Crippen LogP contribution >= 0.6 is 11.6 Å². The zero-order valence-corrected chi connectivity index (χ0v) is 18.9. The lowest BCUT2D eigenvalue weighted by molar-refractivity contribution is -0.137. The number of carbonyl (C=O) groups excluding carboxylic acids is 1. The Morgan fingerprint density at radius 3 is 2.21 bits per heavy atom. The van der Waals surface area contributed by atoms with Crippen LogP contribution < -0.4 is 4.90 Å². The van der Waals surface area contributed by atoms with E-state index < -0.39 is 11.7 Å². The van der Waals surface area contributed by atoms with Gasteiger partial charge in [-0.2, -0.15) is 18.3 Å². The molecule has 1 aliphatic rings. The van der Waals surface area contributed by atoms with Crippen molar-refractivity contribution in [2.45, 2.75) is 25.9 Å². The van der Waals surface area contributed by atoms with Gasteiger partial charge in [-0.3, -0.25) is 4.79 Å². The van der Waals surface area contributed by atoms with Crippen molar-refractivity contribution < 1.29 is 18.0 Å². The molecule has 10 heteroatoms. The van der Waals surface area contributed by atoms with E-state index in [4.69, 9.17) is 11.6 Å². The summed E-state index contributed by atoms with van der Waals surface area (Å²) < 4.78 is 40.1. The summed E-state index contributed by atoms with van der Waals surface area (Å²) in [6.07, 6.45) is -2.22. The summed E-state index contributed by atoms with van der Waals surface area (Å²) in [7, 11) is 0. The van der Waals surface area contributed by atoms with Crippen LogP contribution in [-0.4, -0.2) is 51.8 Å². The number of hydrogen-bond donors (Lipinski definition) is 0. The topological polar surface area (TPSA) is 54.3 Å². The molecule has 0 saturated carbocycles. The summed E-state index contributed by atoms with van der Waals surface area (Å²) >= 11 is 5.96. The zero-order chi connectivity index (χ0) is 23.8. The summed E-state index contributed by atoms with van der Waals surface area (Å²) in [6.45, 7) is 6.27. The molecule has 1 aliphatic heterocycles. The zero-order valence-electron chi connectivity index (χ0n) is 18.2. The third kappa shape index (κ3) is 4.83. The van der Waals surface area contributed by atoms with Gasteiger partial charge in [0.05, 0.1) is 23.0 Å². The first-order valence-electron chi connectivity index (χ1n) is 10.6. The Balaban J connectivity index is 1.53. The minimum Gasteiger partial charge on any atom is -0.368 e. The average Bonchev–Trinajstić information content (AvgIpc) is 3.24. The number of aromatic nitrogens is 3. The molecule has 0 spiro atoms. The van der Waals surface area contributed by atoms with E-state index in [0.717, 1.165) is 18.0 Å². The van der Waals surface area contributed by atoms with Gasteiger partial charge in [0.25, 0.3) is 5.91 Å². The number of hydrogen-bond acceptors (Lipinski definition) is 4. The van der Waals surface area contributed by atoms with E-state index in [0.29, 0.717) is 42.5 Å². The fraction of sp³-hybridized carbons (Fsp3) is 0.348. The highest BCUT2D eigenvalue weighted by Gasteiger charge is 2.31. The third-order valence-electron chi connectivity index (χ3n) is 5.63. The van der Waals surface area contributed by atoms with Crippen LogP contribution in [-0.2, 0) is 6.18 Å². The Morgan fingerprint density at radius 2 is 1.67 bits per heavy atom. The van der Waals surface area contributed by atoms with Gasteiger partial charge in [-0.05, 0) is 42.3 Å². The van der Waals surface area contributed by atoms with Crippen LogP contribution in [0.4, 0.5) is 18.9 Å². The summed E-state index contributed by atoms with van der Waals surface area (Å²) in [4.78, 5) is 21.2. The Bertz CT molecular complexity index is 1120. The molecule has 1 amide bonds. The number of halogens is 4. The Labute approximate surface area is 194 Å². The second kappa shape index (κ2) is 9.05. The largest absolute Gasteiger partial charge is 0.417 e. The molecule has 174 valence electrons. The first kappa shape index (κ1) is 23.1. The molecule has 6 nitrogen and oxygen atoms in total. The molecule has 0 radical (unpaired) electrons. The van der Waals surface area contributed by atoms with Gasteiger partial charge in [-0.15, -0.1) is 0 Å². The lowest BCUT2D eigenvalue weighted by Gasteiger charge is -2.36. The Morgan fingerprint density at radius 1 is 1.00 bits per heavy atom. The van der Waals surface area contributed by atoms with Crippen molar-refractivity contribution >= 4 is 23.2 Å². The molecular formula is C23H23ClF3N5O. The molecule has 2 aromatic heterocycles. The van der Waals surface area contributed by atoms with Gasteiger partial charge >= 0.3 is 6.18 Å². The fourth-order valence-electron chi connectivity index (χ4n) is 3.93. The number of rotatable bonds is 4. The highest BCUT2D eigenvalue weighted by molar-refractivity contribution is 6.30. The van der Waals surface area contributed by atoms with Gasteiger partial charge in [-0.1, -0.05) is 25.4 Å². The summed E-state index contributed by atoms with van der Waals surface area (Å²) in [5.74, 6) is -0.00294. The first-order valence-corrected chi connectivity index (χ1v) is 10.9. The minimum atomic E-state index is -4.47. The molecule has 33 heavy (non-hydrogen) atoms. The molecular weight excluding hydrogens is 455 g/mol. The molecule has 1 saturated heterocycles. The van der Waals surface area contributed by atoms with Crippen LogP contribution in [0.5, 0.6) is 0 Å². The minimum absolute atomic E-state index is 0.0918. The second-order valence-electron chi connectivity index (χ2n) is 8.17. The Hall–Kier alpha value is -3.07. The lowest BCUT2D eigenvalue weighted by atomic mass is 10.0. The first-order chi connectivity index (χ1) is 15.6. The van der Waals surface area contributed by atoms with Crippen molar-refractivity contribution in [2.75, 3.05) is 31.1 Å². The van der Waals surface area contributed by atoms with E-state index in [-0.39, 0.29) is 17.6 Å². The van der Waals surface area contributed by atoms with Gasteiger partial charge in [0.15, 0.2) is 5.82 Å². The number of anilines is 1. The van der Waals surface area contributed by atoms with Crippen molar-refractivity contribution in [3.63, 3.8) is 0 Å². The van der Waals surface area contributed by atoms with E-state index in [1.54, 1.807) is 4.90 Å². The van der Waals surface area contributed by atoms with E-state index in [1.165, 1.54) is 16.9 Å². The Kier molecular flexibility index (Phi) is 6.34. The number of benzene rings is 1. The number of alkyl halides is 3. The molecule has 0 atom stereocenters. The van der Waals surface area contributed by atoms with Gasteiger partial charge in [0.1, 0.15) is 0 Å². The van der Waals surface area contributed by atoms with E-state index in [1.807, 2.05) is 38.1 Å². The van der Waals surface area contributed by atoms with Crippen LogP contribution in [0.3, 0.4) is 0 Å². The maximum Gasteiger partial charge on any atom is 0.417 e. The van der Waals surface area contributed by atoms with Crippen LogP contribution in [0.2, 0.25) is 5.02 Å². The molecule has 0 aliphatic carbocycles. The van der Waals surface area contributed by atoms with Gasteiger partial charge < -0.3 is 9.80 Å². The van der Waals surface area contributed by atoms with E-state index in [9.17, 15) is 18.0 Å². The van der Waals surface area contributed by atoms with Crippen LogP contribution in [0, 0.1) is 0 Å². The van der Waals surface area contributed by atoms with Crippen molar-refractivity contribution in [3.8, 4) is 5.82 Å². The third-order valence-corrected chi connectivity index (χ3v) is 5.89. The molecule has 1 fully saturated rings. The van der Waals surface area contributed by atoms with Gasteiger partial charge in [0.2, 0.25) is 0 Å². The molecule has 0 bridgehead atoms. The van der Waals surface area contributed by atoms with Crippen LogP contribution in [0.15, 0.2) is 48.8 Å². The molecule has 1 aromatic carbocycles. The van der Waals surface area contributed by atoms with Crippen molar-refractivity contribution in [3.05, 3.63) is 70.6 Å². The number of amides is 1. The molecule has 0 unspecified atom stereocenters. The summed E-state index contributed by atoms with van der Waals surface area (Å²) in [6, 6.07) is 9.82. The monoisotopic (exact) mass is 477 g/mol. The summed E-state index contributed by atoms with van der Waals surface area (Å²) in [5.41, 5.74) is 1.27. The average molecular weight is 478 g/mol. The number of carbonyl (C=O) groups is 1. The van der Waals surface area contributed by atoms with Crippen LogP contribution in [0.25, 0.3) is 5.82 Å². The van der Waals surface area contributed by atoms with Gasteiger partial charge in [0, 0.05) is 43.1 Å². The molecule has 4 rings (SSSR count). The highest BCUT2D eigenvalue weighted by atomic mass is 35.5. The van der Waals surface area contributed by atoms with E-state index >= 15 is 0 Å². The van der Waals surface area contributed by atoms with Crippen molar-refractivity contribution in [1.29, 1.82) is 0 Å². The quantitative estimate of drug-likeness (QED) is 0.529. The van der Waals surface area contributed by atoms with E-state index in [2.05, 4.69) is 15.0 Å². The predicted molar refractivity (Wildman–Crippen MR) is 120 cm³/mol. The number of nitrogens with zero attached hydrogens (tertiary/aromatic N) is 5. The smallest absolute Gasteiger partial charge is 0.368 e. The molecule has 0 N–H and O–H groups in total. The maximum absolute atomic E-state index is 13.3. The second-order valence-corrected chi connectivity index (χ2v) is 8.60.